The Hall–Kier alpha value is -4.82. The molecule has 0 saturated carbocycles. The summed E-state index contributed by atoms with van der Waals surface area (Å²) < 4.78 is 11.0. The number of likely N-dealkylation sites (tertiary alicyclic amines) is 1. The minimum absolute atomic E-state index is 0.255. The lowest BCUT2D eigenvalue weighted by molar-refractivity contribution is -0.121. The zero-order valence-electron chi connectivity index (χ0n) is 24.3. The van der Waals surface area contributed by atoms with Crippen LogP contribution >= 0.6 is 0 Å². The van der Waals surface area contributed by atoms with Crippen molar-refractivity contribution in [3.8, 4) is 11.4 Å². The molecular formula is C30H35N9O5. The van der Waals surface area contributed by atoms with E-state index in [0.717, 1.165) is 12.0 Å². The summed E-state index contributed by atoms with van der Waals surface area (Å²) >= 11 is 0. The van der Waals surface area contributed by atoms with Gasteiger partial charge in [-0.3, -0.25) is 9.59 Å². The molecule has 4 N–H and O–H groups in total. The van der Waals surface area contributed by atoms with Crippen LogP contribution in [0.25, 0.3) is 11.4 Å². The molecule has 3 saturated heterocycles. The number of nitrogens with two attached hydrogens (primary N) is 1. The number of anilines is 4. The number of primary amides is 1. The van der Waals surface area contributed by atoms with Crippen molar-refractivity contribution in [3.63, 3.8) is 0 Å². The topological polar surface area (TPSA) is 168 Å². The molecular weight excluding hydrogens is 566 g/mol. The van der Waals surface area contributed by atoms with Gasteiger partial charge in [0.1, 0.15) is 6.04 Å². The molecule has 14 nitrogen and oxygen atoms in total. The molecule has 4 heterocycles. The Morgan fingerprint density at radius 3 is 1.77 bits per heavy atom. The monoisotopic (exact) mass is 601 g/mol. The number of rotatable bonds is 7. The molecule has 2 aromatic carbocycles. The molecule has 0 aliphatic carbocycles. The standard InChI is InChI=1S/C30H35N9O5/c31-25(40)24-2-1-11-39(24)27(41)21-5-9-23(10-6-21)33-30(42)32-22-7-3-20(4-8-22)26-34-28(37-12-16-43-17-13-37)36-29(35-26)38-14-18-44-19-15-38/h3-10,24H,1-2,11-19H2,(H2,31,40)(H2,32,33,42)/t24-/m1/s1. The van der Waals surface area contributed by atoms with E-state index in [4.69, 9.17) is 30.2 Å². The van der Waals surface area contributed by atoms with Crippen molar-refractivity contribution >= 4 is 41.1 Å². The van der Waals surface area contributed by atoms with Gasteiger partial charge in [0.25, 0.3) is 5.91 Å². The van der Waals surface area contributed by atoms with Gasteiger partial charge in [-0.1, -0.05) is 0 Å². The van der Waals surface area contributed by atoms with Gasteiger partial charge in [0.05, 0.1) is 26.4 Å². The van der Waals surface area contributed by atoms with Gasteiger partial charge < -0.3 is 40.5 Å². The fourth-order valence-electron chi connectivity index (χ4n) is 5.46. The highest BCUT2D eigenvalue weighted by Crippen LogP contribution is 2.25. The van der Waals surface area contributed by atoms with Gasteiger partial charge in [0.2, 0.25) is 17.8 Å². The third kappa shape index (κ3) is 6.71. The average Bonchev–Trinajstić information content (AvgIpc) is 3.57. The highest BCUT2D eigenvalue weighted by molar-refractivity contribution is 6.01. The Morgan fingerprint density at radius 2 is 1.25 bits per heavy atom. The van der Waals surface area contributed by atoms with E-state index in [1.54, 1.807) is 36.4 Å². The number of ether oxygens (including phenoxy) is 2. The van der Waals surface area contributed by atoms with Crippen LogP contribution in [0, 0.1) is 0 Å². The molecule has 14 heteroatoms. The van der Waals surface area contributed by atoms with Crippen LogP contribution in [0.3, 0.4) is 0 Å². The summed E-state index contributed by atoms with van der Waals surface area (Å²) in [5.74, 6) is 1.02. The second kappa shape index (κ2) is 13.2. The number of morpholine rings is 2. The second-order valence-corrected chi connectivity index (χ2v) is 10.8. The van der Waals surface area contributed by atoms with Gasteiger partial charge in [0, 0.05) is 55.2 Å². The van der Waals surface area contributed by atoms with E-state index < -0.39 is 18.0 Å². The van der Waals surface area contributed by atoms with Gasteiger partial charge in [-0.15, -0.1) is 0 Å². The molecule has 0 bridgehead atoms. The van der Waals surface area contributed by atoms with E-state index in [9.17, 15) is 14.4 Å². The first-order valence-electron chi connectivity index (χ1n) is 14.7. The Bertz CT molecular complexity index is 1450. The first kappa shape index (κ1) is 29.3. The summed E-state index contributed by atoms with van der Waals surface area (Å²) in [5.41, 5.74) is 7.76. The highest BCUT2D eigenvalue weighted by atomic mass is 16.5. The lowest BCUT2D eigenvalue weighted by atomic mass is 10.1. The van der Waals surface area contributed by atoms with Crippen molar-refractivity contribution in [2.45, 2.75) is 18.9 Å². The number of aromatic nitrogens is 3. The van der Waals surface area contributed by atoms with Crippen molar-refractivity contribution < 1.29 is 23.9 Å². The SMILES string of the molecule is NC(=O)[C@H]1CCCN1C(=O)c1ccc(NC(=O)Nc2ccc(-c3nc(N4CCOCC4)nc(N4CCOCC4)n3)cc2)cc1. The largest absolute Gasteiger partial charge is 0.378 e. The van der Waals surface area contributed by atoms with Gasteiger partial charge in [0.15, 0.2) is 5.82 Å². The van der Waals surface area contributed by atoms with Crippen molar-refractivity contribution in [2.24, 2.45) is 5.73 Å². The lowest BCUT2D eigenvalue weighted by Gasteiger charge is -2.30. The fraction of sp³-hybridized carbons (Fsp3) is 0.400. The molecule has 0 spiro atoms. The number of nitrogens with zero attached hydrogens (tertiary/aromatic N) is 6. The predicted octanol–water partition coefficient (Wildman–Crippen LogP) is 1.95. The summed E-state index contributed by atoms with van der Waals surface area (Å²) in [5, 5.41) is 5.60. The first-order chi connectivity index (χ1) is 21.4. The first-order valence-corrected chi connectivity index (χ1v) is 14.7. The molecule has 230 valence electrons. The molecule has 0 radical (unpaired) electrons. The summed E-state index contributed by atoms with van der Waals surface area (Å²) in [6.07, 6.45) is 1.31. The molecule has 1 atom stereocenters. The Morgan fingerprint density at radius 1 is 0.727 bits per heavy atom. The minimum Gasteiger partial charge on any atom is -0.378 e. The smallest absolute Gasteiger partial charge is 0.323 e. The van der Waals surface area contributed by atoms with Crippen LogP contribution in [-0.2, 0) is 14.3 Å². The van der Waals surface area contributed by atoms with E-state index in [-0.39, 0.29) is 5.91 Å². The maximum Gasteiger partial charge on any atom is 0.323 e. The average molecular weight is 602 g/mol. The summed E-state index contributed by atoms with van der Waals surface area (Å²) in [7, 11) is 0. The van der Waals surface area contributed by atoms with Crippen LogP contribution in [0.2, 0.25) is 0 Å². The second-order valence-electron chi connectivity index (χ2n) is 10.8. The van der Waals surface area contributed by atoms with E-state index in [0.29, 0.717) is 100 Å². The van der Waals surface area contributed by atoms with Gasteiger partial charge in [-0.25, -0.2) is 4.79 Å². The third-order valence-electron chi connectivity index (χ3n) is 7.83. The molecule has 0 unspecified atom stereocenters. The number of urea groups is 1. The minimum atomic E-state index is -0.582. The van der Waals surface area contributed by atoms with Gasteiger partial charge in [-0.2, -0.15) is 15.0 Å². The van der Waals surface area contributed by atoms with Gasteiger partial charge >= 0.3 is 6.03 Å². The lowest BCUT2D eigenvalue weighted by Crippen LogP contribution is -2.43. The zero-order chi connectivity index (χ0) is 30.5. The number of hydrogen-bond acceptors (Lipinski definition) is 10. The zero-order valence-corrected chi connectivity index (χ0v) is 24.3. The highest BCUT2D eigenvalue weighted by Gasteiger charge is 2.33. The van der Waals surface area contributed by atoms with Crippen molar-refractivity contribution in [3.05, 3.63) is 54.1 Å². The Balaban J connectivity index is 1.11. The molecule has 3 fully saturated rings. The molecule has 3 aliphatic heterocycles. The Labute approximate surface area is 254 Å². The molecule has 4 amide bonds. The predicted molar refractivity (Wildman–Crippen MR) is 164 cm³/mol. The van der Waals surface area contributed by atoms with E-state index >= 15 is 0 Å². The van der Waals surface area contributed by atoms with Crippen molar-refractivity contribution in [2.75, 3.05) is 79.6 Å². The van der Waals surface area contributed by atoms with Gasteiger partial charge in [-0.05, 0) is 61.4 Å². The molecule has 44 heavy (non-hydrogen) atoms. The summed E-state index contributed by atoms with van der Waals surface area (Å²) in [6, 6.07) is 12.8. The van der Waals surface area contributed by atoms with Crippen LogP contribution in [-0.4, -0.2) is 103 Å². The maximum atomic E-state index is 12.9. The number of nitrogens with one attached hydrogen (secondary N) is 2. The van der Waals surface area contributed by atoms with Crippen molar-refractivity contribution in [1.29, 1.82) is 0 Å². The van der Waals surface area contributed by atoms with Crippen LogP contribution in [0.4, 0.5) is 28.1 Å². The van der Waals surface area contributed by atoms with E-state index in [1.165, 1.54) is 4.90 Å². The number of amides is 4. The maximum absolute atomic E-state index is 12.9. The quantitative estimate of drug-likeness (QED) is 0.364. The third-order valence-corrected chi connectivity index (χ3v) is 7.83. The number of benzene rings is 2. The molecule has 1 aromatic heterocycles. The van der Waals surface area contributed by atoms with Crippen LogP contribution in [0.5, 0.6) is 0 Å². The number of carbonyl (C=O) groups excluding carboxylic acids is 3. The summed E-state index contributed by atoms with van der Waals surface area (Å²) in [4.78, 5) is 57.2. The van der Waals surface area contributed by atoms with Crippen LogP contribution in [0.1, 0.15) is 23.2 Å². The fourth-order valence-corrected chi connectivity index (χ4v) is 5.46. The molecule has 6 rings (SSSR count). The Kier molecular flexibility index (Phi) is 8.79. The normalized spacial score (nSPS) is 18.6. The van der Waals surface area contributed by atoms with E-state index in [1.807, 2.05) is 12.1 Å². The number of carbonyl (C=O) groups is 3. The van der Waals surface area contributed by atoms with Crippen LogP contribution in [0.15, 0.2) is 48.5 Å². The molecule has 3 aromatic rings. The van der Waals surface area contributed by atoms with Crippen molar-refractivity contribution in [1.82, 2.24) is 19.9 Å². The van der Waals surface area contributed by atoms with Crippen LogP contribution < -0.4 is 26.2 Å². The van der Waals surface area contributed by atoms with E-state index in [2.05, 4.69) is 20.4 Å². The molecule has 3 aliphatic rings. The summed E-state index contributed by atoms with van der Waals surface area (Å²) in [6.45, 7) is 5.79. The number of hydrogen-bond donors (Lipinski definition) is 3.